The molecule has 0 aromatic heterocycles. The van der Waals surface area contributed by atoms with Gasteiger partial charge in [0.25, 0.3) is 0 Å². The van der Waals surface area contributed by atoms with Crippen LogP contribution in [0.4, 0.5) is 22.0 Å². The number of rotatable bonds is 0. The Kier molecular flexibility index (Phi) is 1.84. The van der Waals surface area contributed by atoms with Crippen LogP contribution in [-0.2, 0) is 9.47 Å². The van der Waals surface area contributed by atoms with Gasteiger partial charge in [-0.05, 0) is 6.92 Å². The van der Waals surface area contributed by atoms with Crippen molar-refractivity contribution in [3.63, 3.8) is 0 Å². The highest BCUT2D eigenvalue weighted by molar-refractivity contribution is 4.78. The van der Waals surface area contributed by atoms with E-state index in [1.165, 1.54) is 0 Å². The first kappa shape index (κ1) is 9.66. The molecule has 0 aromatic rings. The SMILES string of the molecule is CC1(F)COC(F)(C(F)(F)F)O1. The van der Waals surface area contributed by atoms with Crippen molar-refractivity contribution < 1.29 is 31.4 Å². The third-order valence-electron chi connectivity index (χ3n) is 1.20. The smallest absolute Gasteiger partial charge is 0.311 e. The Bertz CT molecular complexity index is 189. The first-order valence-electron chi connectivity index (χ1n) is 2.95. The summed E-state index contributed by atoms with van der Waals surface area (Å²) in [6.07, 6.45) is -5.38. The summed E-state index contributed by atoms with van der Waals surface area (Å²) >= 11 is 0. The predicted molar refractivity (Wildman–Crippen MR) is 26.4 cm³/mol. The van der Waals surface area contributed by atoms with E-state index in [0.29, 0.717) is 6.92 Å². The van der Waals surface area contributed by atoms with Crippen LogP contribution in [0.5, 0.6) is 0 Å². The van der Waals surface area contributed by atoms with Crippen molar-refractivity contribution >= 4 is 0 Å². The Morgan fingerprint density at radius 1 is 1.25 bits per heavy atom. The molecule has 0 radical (unpaired) electrons. The molecule has 2 unspecified atom stereocenters. The fourth-order valence-electron chi connectivity index (χ4n) is 0.694. The van der Waals surface area contributed by atoms with Gasteiger partial charge in [0.05, 0.1) is 0 Å². The Balaban J connectivity index is 2.78. The van der Waals surface area contributed by atoms with Crippen LogP contribution in [0.25, 0.3) is 0 Å². The van der Waals surface area contributed by atoms with Gasteiger partial charge in [-0.3, -0.25) is 4.74 Å². The molecule has 0 N–H and O–H groups in total. The number of hydrogen-bond acceptors (Lipinski definition) is 2. The summed E-state index contributed by atoms with van der Waals surface area (Å²) < 4.78 is 67.1. The topological polar surface area (TPSA) is 18.5 Å². The molecule has 1 rings (SSSR count). The van der Waals surface area contributed by atoms with Crippen LogP contribution in [0.3, 0.4) is 0 Å². The van der Waals surface area contributed by atoms with Gasteiger partial charge in [-0.2, -0.15) is 17.6 Å². The zero-order valence-electron chi connectivity index (χ0n) is 5.91. The Labute approximate surface area is 64.2 Å². The van der Waals surface area contributed by atoms with E-state index in [0.717, 1.165) is 0 Å². The molecule has 12 heavy (non-hydrogen) atoms. The average molecular weight is 192 g/mol. The van der Waals surface area contributed by atoms with Gasteiger partial charge in [-0.1, -0.05) is 0 Å². The minimum absolute atomic E-state index is 0.653. The first-order valence-corrected chi connectivity index (χ1v) is 2.95. The highest BCUT2D eigenvalue weighted by Gasteiger charge is 2.67. The summed E-state index contributed by atoms with van der Waals surface area (Å²) in [6.45, 7) is -0.428. The van der Waals surface area contributed by atoms with Gasteiger partial charge in [-0.15, -0.1) is 0 Å². The van der Waals surface area contributed by atoms with Crippen LogP contribution in [0.1, 0.15) is 6.92 Å². The quantitative estimate of drug-likeness (QED) is 0.545. The molecule has 0 amide bonds. The zero-order chi connectivity index (χ0) is 9.62. The summed E-state index contributed by atoms with van der Waals surface area (Å²) in [4.78, 5) is 0. The van der Waals surface area contributed by atoms with Crippen LogP contribution in [0.2, 0.25) is 0 Å². The molecule has 72 valence electrons. The van der Waals surface area contributed by atoms with Crippen molar-refractivity contribution in [2.24, 2.45) is 0 Å². The van der Waals surface area contributed by atoms with Gasteiger partial charge in [0.1, 0.15) is 6.61 Å². The lowest BCUT2D eigenvalue weighted by molar-refractivity contribution is -0.418. The van der Waals surface area contributed by atoms with Gasteiger partial charge >= 0.3 is 12.2 Å². The molecule has 1 aliphatic rings. The Morgan fingerprint density at radius 3 is 1.92 bits per heavy atom. The maximum atomic E-state index is 12.5. The molecule has 0 aliphatic carbocycles. The van der Waals surface area contributed by atoms with Gasteiger partial charge in [0.15, 0.2) is 0 Å². The van der Waals surface area contributed by atoms with E-state index in [1.54, 1.807) is 0 Å². The molecule has 1 heterocycles. The second kappa shape index (κ2) is 2.29. The molecule has 7 heteroatoms. The summed E-state index contributed by atoms with van der Waals surface area (Å²) in [5, 5.41) is 0. The van der Waals surface area contributed by atoms with Crippen LogP contribution in [0, 0.1) is 0 Å². The van der Waals surface area contributed by atoms with E-state index in [9.17, 15) is 22.0 Å². The molecule has 1 fully saturated rings. The summed E-state index contributed by atoms with van der Waals surface area (Å²) in [7, 11) is 0. The van der Waals surface area contributed by atoms with Crippen molar-refractivity contribution in [2.45, 2.75) is 25.0 Å². The fourth-order valence-corrected chi connectivity index (χ4v) is 0.694. The first-order chi connectivity index (χ1) is 5.16. The van der Waals surface area contributed by atoms with Gasteiger partial charge in [0.2, 0.25) is 5.85 Å². The monoisotopic (exact) mass is 192 g/mol. The average Bonchev–Trinajstić information content (AvgIpc) is 2.05. The molecule has 0 saturated carbocycles. The van der Waals surface area contributed by atoms with Crippen molar-refractivity contribution in [3.05, 3.63) is 0 Å². The van der Waals surface area contributed by atoms with Crippen molar-refractivity contribution in [1.82, 2.24) is 0 Å². The van der Waals surface area contributed by atoms with Gasteiger partial charge in [0, 0.05) is 0 Å². The van der Waals surface area contributed by atoms with Crippen LogP contribution in [0.15, 0.2) is 0 Å². The summed E-state index contributed by atoms with van der Waals surface area (Å²) in [6, 6.07) is -4.31. The summed E-state index contributed by atoms with van der Waals surface area (Å²) in [5.74, 6) is -2.73. The number of halogens is 5. The van der Waals surface area contributed by atoms with E-state index in [4.69, 9.17) is 0 Å². The Morgan fingerprint density at radius 2 is 1.75 bits per heavy atom. The molecule has 2 nitrogen and oxygen atoms in total. The maximum Gasteiger partial charge on any atom is 0.478 e. The molecular formula is C5H5F5O2. The normalized spacial score (nSPS) is 43.5. The number of ether oxygens (including phenoxy) is 2. The standard InChI is InChI=1S/C5H5F5O2/c1-3(6)2-11-5(10,12-3)4(7,8)9/h2H2,1H3. The second-order valence-corrected chi connectivity index (χ2v) is 2.53. The van der Waals surface area contributed by atoms with Crippen molar-refractivity contribution in [1.29, 1.82) is 0 Å². The zero-order valence-corrected chi connectivity index (χ0v) is 5.91. The summed E-state index contributed by atoms with van der Waals surface area (Å²) in [5.41, 5.74) is 0. The lowest BCUT2D eigenvalue weighted by atomic mass is 10.4. The molecule has 1 aliphatic heterocycles. The predicted octanol–water partition coefficient (Wildman–Crippen LogP) is 1.90. The molecular weight excluding hydrogens is 187 g/mol. The van der Waals surface area contributed by atoms with Crippen LogP contribution in [-0.4, -0.2) is 24.7 Å². The Hall–Kier alpha value is -0.430. The maximum absolute atomic E-state index is 12.5. The highest BCUT2D eigenvalue weighted by Crippen LogP contribution is 2.44. The molecule has 1 saturated heterocycles. The largest absolute Gasteiger partial charge is 0.478 e. The lowest BCUT2D eigenvalue weighted by Crippen LogP contribution is -2.43. The van der Waals surface area contributed by atoms with E-state index < -0.39 is 24.7 Å². The molecule has 0 spiro atoms. The molecule has 2 atom stereocenters. The van der Waals surface area contributed by atoms with Crippen molar-refractivity contribution in [3.8, 4) is 0 Å². The van der Waals surface area contributed by atoms with E-state index >= 15 is 0 Å². The van der Waals surface area contributed by atoms with Crippen molar-refractivity contribution in [2.75, 3.05) is 6.61 Å². The number of hydrogen-bond donors (Lipinski definition) is 0. The second-order valence-electron chi connectivity index (χ2n) is 2.53. The van der Waals surface area contributed by atoms with Gasteiger partial charge in [-0.25, -0.2) is 4.39 Å². The van der Waals surface area contributed by atoms with Crippen LogP contribution >= 0.6 is 0 Å². The highest BCUT2D eigenvalue weighted by atomic mass is 19.4. The minimum atomic E-state index is -5.38. The third kappa shape index (κ3) is 1.51. The molecule has 0 bridgehead atoms. The van der Waals surface area contributed by atoms with E-state index in [2.05, 4.69) is 9.47 Å². The van der Waals surface area contributed by atoms with Gasteiger partial charge < -0.3 is 4.74 Å². The minimum Gasteiger partial charge on any atom is -0.311 e. The fraction of sp³-hybridized carbons (Fsp3) is 1.00. The molecule has 0 aromatic carbocycles. The lowest BCUT2D eigenvalue weighted by Gasteiger charge is -2.21. The third-order valence-corrected chi connectivity index (χ3v) is 1.20. The van der Waals surface area contributed by atoms with Crippen LogP contribution < -0.4 is 0 Å². The number of alkyl halides is 5. The van der Waals surface area contributed by atoms with E-state index in [1.807, 2.05) is 0 Å². The van der Waals surface area contributed by atoms with E-state index in [-0.39, 0.29) is 0 Å².